The molecule has 4 nitrogen and oxygen atoms in total. The highest BCUT2D eigenvalue weighted by molar-refractivity contribution is 5.82. The Labute approximate surface area is 174 Å². The summed E-state index contributed by atoms with van der Waals surface area (Å²) in [4.78, 5) is 21.5. The quantitative estimate of drug-likeness (QED) is 0.288. The van der Waals surface area contributed by atoms with Gasteiger partial charge in [-0.1, -0.05) is 95.2 Å². The van der Waals surface area contributed by atoms with E-state index in [2.05, 4.69) is 4.74 Å². The van der Waals surface area contributed by atoms with E-state index in [0.717, 1.165) is 28.4 Å². The first-order valence-electron chi connectivity index (χ1n) is 9.13. The molecule has 0 spiro atoms. The number of carboxylic acid groups (broad SMARTS) is 1. The maximum Gasteiger partial charge on any atom is 0.330 e. The number of carbonyl (C=O) groups excluding carboxylic acids is 1. The lowest BCUT2D eigenvalue weighted by molar-refractivity contribution is -0.135. The van der Waals surface area contributed by atoms with Crippen LogP contribution in [0.2, 0.25) is 0 Å². The van der Waals surface area contributed by atoms with Gasteiger partial charge in [0.2, 0.25) is 0 Å². The predicted molar refractivity (Wildman–Crippen MR) is 120 cm³/mol. The van der Waals surface area contributed by atoms with Gasteiger partial charge in [0.25, 0.3) is 0 Å². The first-order chi connectivity index (χ1) is 13.7. The first-order valence-corrected chi connectivity index (χ1v) is 9.13. The van der Waals surface area contributed by atoms with Gasteiger partial charge in [0.05, 0.1) is 7.11 Å². The fraction of sp³-hybridized carbons (Fsp3) is 0.200. The number of esters is 1. The molecule has 4 heteroatoms. The maximum atomic E-state index is 11.0. The van der Waals surface area contributed by atoms with Crippen LogP contribution in [0.25, 0.3) is 0 Å². The number of aliphatic carboxylic acids is 1. The molecule has 0 unspecified atom stereocenters. The van der Waals surface area contributed by atoms with Crippen LogP contribution in [0, 0.1) is 0 Å². The molecule has 0 bridgehead atoms. The second-order valence-corrected chi connectivity index (χ2v) is 6.27. The van der Waals surface area contributed by atoms with E-state index < -0.39 is 5.97 Å². The third kappa shape index (κ3) is 16.5. The van der Waals surface area contributed by atoms with Gasteiger partial charge in [-0.15, -0.1) is 0 Å². The summed E-state index contributed by atoms with van der Waals surface area (Å²) in [6.45, 7) is 7.74. The lowest BCUT2D eigenvalue weighted by Gasteiger charge is -1.91. The van der Waals surface area contributed by atoms with Crippen molar-refractivity contribution in [3.8, 4) is 0 Å². The van der Waals surface area contributed by atoms with Crippen LogP contribution in [-0.2, 0) is 14.3 Å². The van der Waals surface area contributed by atoms with Crippen molar-refractivity contribution in [2.45, 2.75) is 27.7 Å². The Balaban J connectivity index is 4.67. The third-order valence-electron chi connectivity index (χ3n) is 3.44. The highest BCUT2D eigenvalue weighted by Crippen LogP contribution is 2.02. The zero-order valence-corrected chi connectivity index (χ0v) is 17.8. The molecule has 0 radical (unpaired) electrons. The molecule has 0 amide bonds. The Morgan fingerprint density at radius 1 is 0.586 bits per heavy atom. The second-order valence-electron chi connectivity index (χ2n) is 6.27. The molecule has 0 rings (SSSR count). The van der Waals surface area contributed by atoms with Crippen molar-refractivity contribution in [1.29, 1.82) is 0 Å². The summed E-state index contributed by atoms with van der Waals surface area (Å²) in [6.07, 6.45) is 25.2. The van der Waals surface area contributed by atoms with Gasteiger partial charge in [0, 0.05) is 12.2 Å². The van der Waals surface area contributed by atoms with Crippen LogP contribution in [0.3, 0.4) is 0 Å². The number of hydrogen-bond donors (Lipinski definition) is 1. The molecule has 0 aliphatic heterocycles. The average molecular weight is 395 g/mol. The smallest absolute Gasteiger partial charge is 0.330 e. The topological polar surface area (TPSA) is 63.6 Å². The molecule has 1 N–H and O–H groups in total. The maximum absolute atomic E-state index is 11.0. The van der Waals surface area contributed by atoms with E-state index in [1.54, 1.807) is 12.2 Å². The largest absolute Gasteiger partial charge is 0.478 e. The summed E-state index contributed by atoms with van der Waals surface area (Å²) in [5, 5.41) is 8.58. The summed E-state index contributed by atoms with van der Waals surface area (Å²) in [5.41, 5.74) is 3.98. The first kappa shape index (κ1) is 25.6. The molecule has 0 aromatic heterocycles. The average Bonchev–Trinajstić information content (AvgIpc) is 2.67. The number of carboxylic acids is 1. The SMILES string of the molecule is COC(=O)/C=C/C(C)=C\C=C\C(C)=C\C=CC=C(C)C=C/C=C(C)\C=C\C(=O)O. The molecule has 0 atom stereocenters. The minimum Gasteiger partial charge on any atom is -0.478 e. The standard InChI is InChI=1S/C25H30O4/c1-20(12-8-14-22(3)16-18-24(26)27)10-6-7-11-21(2)13-9-15-23(4)17-19-25(28)29-5/h6-19H,1-5H3,(H,26,27)/b7-6?,12-8?,13-9+,18-16+,19-17+,20-10?,21-11+,22-14-,23-15-. The van der Waals surface area contributed by atoms with Crippen molar-refractivity contribution in [2.24, 2.45) is 0 Å². The highest BCUT2D eigenvalue weighted by atomic mass is 16.5. The molecule has 154 valence electrons. The van der Waals surface area contributed by atoms with Crippen molar-refractivity contribution in [1.82, 2.24) is 0 Å². The summed E-state index contributed by atoms with van der Waals surface area (Å²) in [5.74, 6) is -1.33. The Kier molecular flexibility index (Phi) is 13.8. The van der Waals surface area contributed by atoms with Gasteiger partial charge in [-0.25, -0.2) is 9.59 Å². The number of methoxy groups -OCH3 is 1. The fourth-order valence-electron chi connectivity index (χ4n) is 1.81. The van der Waals surface area contributed by atoms with Gasteiger partial charge in [0.15, 0.2) is 0 Å². The normalized spacial score (nSPS) is 14.9. The van der Waals surface area contributed by atoms with Crippen LogP contribution < -0.4 is 0 Å². The fourth-order valence-corrected chi connectivity index (χ4v) is 1.81. The number of hydrogen-bond acceptors (Lipinski definition) is 3. The molecule has 0 heterocycles. The van der Waals surface area contributed by atoms with Crippen LogP contribution in [0.5, 0.6) is 0 Å². The van der Waals surface area contributed by atoms with Crippen LogP contribution in [0.1, 0.15) is 27.7 Å². The summed E-state index contributed by atoms with van der Waals surface area (Å²) in [7, 11) is 1.35. The van der Waals surface area contributed by atoms with Crippen molar-refractivity contribution >= 4 is 11.9 Å². The Bertz CT molecular complexity index is 823. The van der Waals surface area contributed by atoms with Crippen molar-refractivity contribution in [3.05, 3.63) is 107 Å². The molecule has 29 heavy (non-hydrogen) atoms. The molecule has 0 aliphatic carbocycles. The lowest BCUT2D eigenvalue weighted by Crippen LogP contribution is -1.93. The number of rotatable bonds is 10. The molecular weight excluding hydrogens is 364 g/mol. The number of ether oxygens (including phenoxy) is 1. The van der Waals surface area contributed by atoms with Crippen LogP contribution in [-0.4, -0.2) is 24.2 Å². The van der Waals surface area contributed by atoms with Crippen molar-refractivity contribution < 1.29 is 19.4 Å². The molecule has 0 aromatic carbocycles. The van der Waals surface area contributed by atoms with E-state index in [1.165, 1.54) is 13.2 Å². The predicted octanol–water partition coefficient (Wildman–Crippen LogP) is 5.81. The van der Waals surface area contributed by atoms with Crippen molar-refractivity contribution in [2.75, 3.05) is 7.11 Å². The van der Waals surface area contributed by atoms with Gasteiger partial charge in [-0.2, -0.15) is 0 Å². The molecule has 0 aromatic rings. The monoisotopic (exact) mass is 394 g/mol. The minimum absolute atomic E-state index is 0.373. The summed E-state index contributed by atoms with van der Waals surface area (Å²) >= 11 is 0. The third-order valence-corrected chi connectivity index (χ3v) is 3.44. The Morgan fingerprint density at radius 3 is 1.38 bits per heavy atom. The number of allylic oxidation sites excluding steroid dienone is 16. The summed E-state index contributed by atoms with van der Waals surface area (Å²) in [6, 6.07) is 0. The molecule has 0 fully saturated rings. The highest BCUT2D eigenvalue weighted by Gasteiger charge is 1.89. The van der Waals surface area contributed by atoms with Crippen molar-refractivity contribution in [3.63, 3.8) is 0 Å². The molecular formula is C25H30O4. The minimum atomic E-state index is -0.956. The van der Waals surface area contributed by atoms with Crippen LogP contribution in [0.4, 0.5) is 0 Å². The van der Waals surface area contributed by atoms with Gasteiger partial charge in [-0.3, -0.25) is 0 Å². The van der Waals surface area contributed by atoms with Gasteiger partial charge >= 0.3 is 11.9 Å². The molecule has 0 aliphatic rings. The van der Waals surface area contributed by atoms with E-state index in [9.17, 15) is 9.59 Å². The van der Waals surface area contributed by atoms with E-state index in [0.29, 0.717) is 0 Å². The zero-order valence-electron chi connectivity index (χ0n) is 17.8. The number of carbonyl (C=O) groups is 2. The molecule has 0 saturated carbocycles. The van der Waals surface area contributed by atoms with E-state index in [4.69, 9.17) is 5.11 Å². The van der Waals surface area contributed by atoms with Gasteiger partial charge in [-0.05, 0) is 27.7 Å². The Hall–Kier alpha value is -3.40. The van der Waals surface area contributed by atoms with E-state index in [1.807, 2.05) is 88.5 Å². The Morgan fingerprint density at radius 2 is 0.966 bits per heavy atom. The van der Waals surface area contributed by atoms with Crippen LogP contribution >= 0.6 is 0 Å². The van der Waals surface area contributed by atoms with Gasteiger partial charge in [0.1, 0.15) is 0 Å². The second kappa shape index (κ2) is 15.6. The zero-order chi connectivity index (χ0) is 22.1. The summed E-state index contributed by atoms with van der Waals surface area (Å²) < 4.78 is 4.54. The van der Waals surface area contributed by atoms with E-state index in [-0.39, 0.29) is 5.97 Å². The van der Waals surface area contributed by atoms with Gasteiger partial charge < -0.3 is 9.84 Å². The lowest BCUT2D eigenvalue weighted by atomic mass is 10.2. The van der Waals surface area contributed by atoms with E-state index >= 15 is 0 Å². The van der Waals surface area contributed by atoms with Crippen LogP contribution in [0.15, 0.2) is 107 Å². The molecule has 0 saturated heterocycles.